The minimum absolute atomic E-state index is 0.0977. The van der Waals surface area contributed by atoms with E-state index in [1.54, 1.807) is 23.0 Å². The number of phenolic OH excluding ortho intramolecular Hbond substituents is 1. The monoisotopic (exact) mass is 448 g/mol. The smallest absolute Gasteiger partial charge is 0.291 e. The van der Waals surface area contributed by atoms with Crippen LogP contribution in [0, 0.1) is 0 Å². The molecule has 6 nitrogen and oxygen atoms in total. The molecule has 144 valence electrons. The Labute approximate surface area is 175 Å². The van der Waals surface area contributed by atoms with Gasteiger partial charge in [-0.15, -0.1) is 0 Å². The summed E-state index contributed by atoms with van der Waals surface area (Å²) in [6, 6.07) is 20.6. The van der Waals surface area contributed by atoms with Crippen LogP contribution in [0.2, 0.25) is 0 Å². The average Bonchev–Trinajstić information content (AvgIpc) is 3.20. The van der Waals surface area contributed by atoms with Gasteiger partial charge >= 0.3 is 0 Å². The van der Waals surface area contributed by atoms with Gasteiger partial charge in [0, 0.05) is 16.2 Å². The number of hydrogen-bond donors (Lipinski definition) is 2. The van der Waals surface area contributed by atoms with Crippen molar-refractivity contribution in [3.63, 3.8) is 0 Å². The number of carbonyl (C=O) groups excluding carboxylic acids is 1. The quantitative estimate of drug-likeness (QED) is 0.352. The summed E-state index contributed by atoms with van der Waals surface area (Å²) >= 11 is 3.41. The van der Waals surface area contributed by atoms with Crippen molar-refractivity contribution in [1.29, 1.82) is 0 Å². The van der Waals surface area contributed by atoms with Crippen molar-refractivity contribution in [3.05, 3.63) is 94.2 Å². The Morgan fingerprint density at radius 3 is 2.72 bits per heavy atom. The number of fused-ring (bicyclic) bond motifs is 1. The second-order valence-corrected chi connectivity index (χ2v) is 7.36. The first-order chi connectivity index (χ1) is 14.1. The molecule has 0 aliphatic carbocycles. The Morgan fingerprint density at radius 1 is 1.10 bits per heavy atom. The van der Waals surface area contributed by atoms with Gasteiger partial charge in [0.1, 0.15) is 5.75 Å². The SMILES string of the molecule is O=C(N/N=C\c1c(O)ccc2ccccc12)c1ccn(Cc2ccc(Br)cc2)n1. The molecule has 0 fully saturated rings. The molecule has 0 aliphatic rings. The molecule has 0 saturated heterocycles. The Morgan fingerprint density at radius 2 is 1.90 bits per heavy atom. The summed E-state index contributed by atoms with van der Waals surface area (Å²) in [4.78, 5) is 12.3. The summed E-state index contributed by atoms with van der Waals surface area (Å²) in [7, 11) is 0. The zero-order valence-electron chi connectivity index (χ0n) is 15.3. The molecule has 4 rings (SSSR count). The van der Waals surface area contributed by atoms with Gasteiger partial charge in [-0.2, -0.15) is 10.2 Å². The fourth-order valence-electron chi connectivity index (χ4n) is 2.98. The van der Waals surface area contributed by atoms with Crippen molar-refractivity contribution in [2.45, 2.75) is 6.54 Å². The van der Waals surface area contributed by atoms with Crippen LogP contribution in [0.4, 0.5) is 0 Å². The van der Waals surface area contributed by atoms with E-state index < -0.39 is 5.91 Å². The molecule has 1 heterocycles. The second kappa shape index (κ2) is 8.28. The van der Waals surface area contributed by atoms with Gasteiger partial charge in [0.05, 0.1) is 12.8 Å². The number of rotatable bonds is 5. The van der Waals surface area contributed by atoms with Crippen molar-refractivity contribution in [2.24, 2.45) is 5.10 Å². The summed E-state index contributed by atoms with van der Waals surface area (Å²) < 4.78 is 2.70. The molecule has 0 atom stereocenters. The van der Waals surface area contributed by atoms with E-state index in [0.717, 1.165) is 20.8 Å². The Kier molecular flexibility index (Phi) is 5.39. The summed E-state index contributed by atoms with van der Waals surface area (Å²) in [6.07, 6.45) is 3.19. The van der Waals surface area contributed by atoms with Crippen LogP contribution in [0.25, 0.3) is 10.8 Å². The van der Waals surface area contributed by atoms with Crippen LogP contribution in [0.1, 0.15) is 21.6 Å². The zero-order chi connectivity index (χ0) is 20.2. The predicted molar refractivity (Wildman–Crippen MR) is 116 cm³/mol. The predicted octanol–water partition coefficient (Wildman–Crippen LogP) is 4.32. The van der Waals surface area contributed by atoms with Crippen molar-refractivity contribution >= 4 is 38.8 Å². The number of aromatic hydroxyl groups is 1. The zero-order valence-corrected chi connectivity index (χ0v) is 16.9. The van der Waals surface area contributed by atoms with Gasteiger partial charge in [-0.25, -0.2) is 5.43 Å². The Bertz CT molecular complexity index is 1200. The Balaban J connectivity index is 1.45. The van der Waals surface area contributed by atoms with Gasteiger partial charge in [-0.05, 0) is 40.6 Å². The van der Waals surface area contributed by atoms with Crippen molar-refractivity contribution < 1.29 is 9.90 Å². The van der Waals surface area contributed by atoms with E-state index in [9.17, 15) is 9.90 Å². The first-order valence-electron chi connectivity index (χ1n) is 8.92. The lowest BCUT2D eigenvalue weighted by Gasteiger charge is -2.04. The summed E-state index contributed by atoms with van der Waals surface area (Å²) in [5.41, 5.74) is 4.35. The molecular formula is C22H17BrN4O2. The molecular weight excluding hydrogens is 432 g/mol. The largest absolute Gasteiger partial charge is 0.507 e. The Hall–Kier alpha value is -3.45. The van der Waals surface area contributed by atoms with Crippen molar-refractivity contribution in [3.8, 4) is 5.75 Å². The number of hydrogen-bond acceptors (Lipinski definition) is 4. The molecule has 0 unspecified atom stereocenters. The second-order valence-electron chi connectivity index (χ2n) is 6.44. The number of nitrogens with zero attached hydrogens (tertiary/aromatic N) is 3. The standard InChI is InChI=1S/C22H17BrN4O2/c23-17-8-5-15(6-9-17)14-27-12-11-20(26-27)22(29)25-24-13-19-18-4-2-1-3-16(18)7-10-21(19)28/h1-13,28H,14H2,(H,25,29)/b24-13-. The third-order valence-electron chi connectivity index (χ3n) is 4.44. The number of benzene rings is 3. The van der Waals surface area contributed by atoms with E-state index in [2.05, 4.69) is 31.6 Å². The molecule has 0 radical (unpaired) electrons. The minimum Gasteiger partial charge on any atom is -0.507 e. The maximum atomic E-state index is 12.3. The fraction of sp³-hybridized carbons (Fsp3) is 0.0455. The topological polar surface area (TPSA) is 79.5 Å². The van der Waals surface area contributed by atoms with Crippen LogP contribution in [-0.4, -0.2) is 27.0 Å². The van der Waals surface area contributed by atoms with E-state index in [1.807, 2.05) is 54.6 Å². The third-order valence-corrected chi connectivity index (χ3v) is 4.97. The molecule has 0 spiro atoms. The third kappa shape index (κ3) is 4.35. The lowest BCUT2D eigenvalue weighted by atomic mass is 10.0. The summed E-state index contributed by atoms with van der Waals surface area (Å²) in [5.74, 6) is -0.323. The van der Waals surface area contributed by atoms with Gasteiger partial charge in [0.25, 0.3) is 5.91 Å². The van der Waals surface area contributed by atoms with E-state index in [1.165, 1.54) is 6.21 Å². The van der Waals surface area contributed by atoms with E-state index >= 15 is 0 Å². The maximum absolute atomic E-state index is 12.3. The van der Waals surface area contributed by atoms with E-state index in [0.29, 0.717) is 12.1 Å². The molecule has 29 heavy (non-hydrogen) atoms. The van der Waals surface area contributed by atoms with Crippen LogP contribution in [-0.2, 0) is 6.54 Å². The van der Waals surface area contributed by atoms with Gasteiger partial charge in [0.15, 0.2) is 5.69 Å². The fourth-order valence-corrected chi connectivity index (χ4v) is 3.24. The van der Waals surface area contributed by atoms with Gasteiger partial charge in [-0.1, -0.05) is 58.4 Å². The van der Waals surface area contributed by atoms with Gasteiger partial charge in [0.2, 0.25) is 0 Å². The number of amides is 1. The molecule has 0 saturated carbocycles. The molecule has 0 aliphatic heterocycles. The van der Waals surface area contributed by atoms with Crippen LogP contribution in [0.15, 0.2) is 82.5 Å². The van der Waals surface area contributed by atoms with Crippen LogP contribution in [0.5, 0.6) is 5.75 Å². The maximum Gasteiger partial charge on any atom is 0.291 e. The molecule has 1 amide bonds. The van der Waals surface area contributed by atoms with E-state index in [-0.39, 0.29) is 11.4 Å². The van der Waals surface area contributed by atoms with Crippen LogP contribution in [0.3, 0.4) is 0 Å². The number of nitrogens with one attached hydrogen (secondary N) is 1. The van der Waals surface area contributed by atoms with Crippen LogP contribution >= 0.6 is 15.9 Å². The minimum atomic E-state index is -0.421. The number of halogens is 1. The average molecular weight is 449 g/mol. The first kappa shape index (κ1) is 18.9. The highest BCUT2D eigenvalue weighted by atomic mass is 79.9. The number of phenols is 1. The molecule has 0 bridgehead atoms. The lowest BCUT2D eigenvalue weighted by Crippen LogP contribution is -2.18. The number of hydrazone groups is 1. The highest BCUT2D eigenvalue weighted by Crippen LogP contribution is 2.25. The molecule has 7 heteroatoms. The van der Waals surface area contributed by atoms with Crippen molar-refractivity contribution in [1.82, 2.24) is 15.2 Å². The highest BCUT2D eigenvalue weighted by molar-refractivity contribution is 9.10. The molecule has 2 N–H and O–H groups in total. The molecule has 1 aromatic heterocycles. The normalized spacial score (nSPS) is 11.2. The van der Waals surface area contributed by atoms with Gasteiger partial charge < -0.3 is 5.11 Å². The molecule has 4 aromatic rings. The summed E-state index contributed by atoms with van der Waals surface area (Å²) in [5, 5.41) is 20.2. The van der Waals surface area contributed by atoms with Crippen molar-refractivity contribution in [2.75, 3.05) is 0 Å². The highest BCUT2D eigenvalue weighted by Gasteiger charge is 2.09. The van der Waals surface area contributed by atoms with Crippen LogP contribution < -0.4 is 5.43 Å². The summed E-state index contributed by atoms with van der Waals surface area (Å²) in [6.45, 7) is 0.563. The lowest BCUT2D eigenvalue weighted by molar-refractivity contribution is 0.0949. The number of aromatic nitrogens is 2. The molecule has 3 aromatic carbocycles. The number of carbonyl (C=O) groups is 1. The van der Waals surface area contributed by atoms with E-state index in [4.69, 9.17) is 0 Å². The van der Waals surface area contributed by atoms with Gasteiger partial charge in [-0.3, -0.25) is 9.48 Å². The first-order valence-corrected chi connectivity index (χ1v) is 9.71.